The van der Waals surface area contributed by atoms with Crippen molar-refractivity contribution >= 4 is 29.9 Å². The lowest BCUT2D eigenvalue weighted by Crippen LogP contribution is -2.58. The van der Waals surface area contributed by atoms with Crippen LogP contribution in [0.1, 0.15) is 58.6 Å². The molecule has 42 heavy (non-hydrogen) atoms. The summed E-state index contributed by atoms with van der Waals surface area (Å²) >= 11 is 0. The van der Waals surface area contributed by atoms with Gasteiger partial charge in [0.2, 0.25) is 23.6 Å². The molecule has 10 heteroatoms. The van der Waals surface area contributed by atoms with E-state index in [9.17, 15) is 29.1 Å². The third-order valence-electron chi connectivity index (χ3n) is 6.54. The Balaban J connectivity index is 2.26. The fraction of sp³-hybridized carbons (Fsp3) is 0.469. The minimum atomic E-state index is -0.996. The molecular formula is C32H44N4O6. The third kappa shape index (κ3) is 12.1. The van der Waals surface area contributed by atoms with Gasteiger partial charge < -0.3 is 31.2 Å². The Labute approximate surface area is 248 Å². The van der Waals surface area contributed by atoms with Crippen molar-refractivity contribution in [1.82, 2.24) is 21.3 Å². The summed E-state index contributed by atoms with van der Waals surface area (Å²) in [5.41, 5.74) is 1.52. The molecule has 2 aromatic carbocycles. The molecule has 4 atom stereocenters. The molecule has 0 aliphatic heterocycles. The van der Waals surface area contributed by atoms with Crippen molar-refractivity contribution in [3.05, 3.63) is 65.7 Å². The van der Waals surface area contributed by atoms with Crippen LogP contribution in [0.3, 0.4) is 0 Å². The lowest BCUT2D eigenvalue weighted by Gasteiger charge is -2.27. The van der Waals surface area contributed by atoms with Crippen molar-refractivity contribution in [2.24, 2.45) is 11.8 Å². The van der Waals surface area contributed by atoms with Crippen LogP contribution >= 0.6 is 0 Å². The largest absolute Gasteiger partial charge is 0.508 e. The van der Waals surface area contributed by atoms with E-state index < -0.39 is 47.8 Å². The number of carbonyl (C=O) groups excluding carboxylic acids is 5. The predicted molar refractivity (Wildman–Crippen MR) is 160 cm³/mol. The number of nitrogens with one attached hydrogen (secondary N) is 4. The van der Waals surface area contributed by atoms with Crippen LogP contribution in [0.2, 0.25) is 0 Å². The summed E-state index contributed by atoms with van der Waals surface area (Å²) in [5.74, 6) is -1.75. The highest BCUT2D eigenvalue weighted by atomic mass is 16.3. The monoisotopic (exact) mass is 580 g/mol. The van der Waals surface area contributed by atoms with Crippen molar-refractivity contribution in [2.75, 3.05) is 0 Å². The summed E-state index contributed by atoms with van der Waals surface area (Å²) in [6.45, 7) is 9.00. The first-order chi connectivity index (χ1) is 19.9. The Morgan fingerprint density at radius 3 is 1.67 bits per heavy atom. The second kappa shape index (κ2) is 16.9. The van der Waals surface area contributed by atoms with Crippen molar-refractivity contribution in [3.63, 3.8) is 0 Å². The summed E-state index contributed by atoms with van der Waals surface area (Å²) < 4.78 is 0. The fourth-order valence-electron chi connectivity index (χ4n) is 4.57. The lowest BCUT2D eigenvalue weighted by atomic mass is 9.99. The summed E-state index contributed by atoms with van der Waals surface area (Å²) in [6, 6.07) is 11.8. The van der Waals surface area contributed by atoms with E-state index in [4.69, 9.17) is 0 Å². The van der Waals surface area contributed by atoms with E-state index in [0.717, 1.165) is 5.56 Å². The van der Waals surface area contributed by atoms with E-state index in [-0.39, 0.29) is 36.8 Å². The van der Waals surface area contributed by atoms with E-state index in [2.05, 4.69) is 21.3 Å². The van der Waals surface area contributed by atoms with Gasteiger partial charge in [0, 0.05) is 19.8 Å². The Bertz CT molecular complexity index is 1180. The Morgan fingerprint density at radius 2 is 1.14 bits per heavy atom. The van der Waals surface area contributed by atoms with Crippen LogP contribution in [-0.2, 0) is 36.8 Å². The SMILES string of the molecule is CC(=O)N[C@@H](Cc1ccc(O)cc1)C(=O)N[C@@H](CC(C)C)C(=O)N[C@@H](Cc1ccccc1)C(=O)N[C@H](C=O)CC(C)C. The van der Waals surface area contributed by atoms with E-state index in [1.54, 1.807) is 12.1 Å². The maximum Gasteiger partial charge on any atom is 0.243 e. The molecule has 0 heterocycles. The third-order valence-corrected chi connectivity index (χ3v) is 6.54. The Hall–Kier alpha value is -4.21. The molecule has 10 nitrogen and oxygen atoms in total. The van der Waals surface area contributed by atoms with Crippen LogP contribution in [0, 0.1) is 11.8 Å². The molecule has 0 aromatic heterocycles. The fourth-order valence-corrected chi connectivity index (χ4v) is 4.57. The number of carbonyl (C=O) groups is 5. The van der Waals surface area contributed by atoms with Gasteiger partial charge in [0.15, 0.2) is 0 Å². The van der Waals surface area contributed by atoms with Crippen molar-refractivity contribution in [3.8, 4) is 5.75 Å². The topological polar surface area (TPSA) is 154 Å². The first-order valence-electron chi connectivity index (χ1n) is 14.3. The molecule has 0 bridgehead atoms. The second-order valence-electron chi connectivity index (χ2n) is 11.4. The second-order valence-corrected chi connectivity index (χ2v) is 11.4. The minimum Gasteiger partial charge on any atom is -0.508 e. The number of hydrogen-bond acceptors (Lipinski definition) is 6. The van der Waals surface area contributed by atoms with Crippen LogP contribution in [0.5, 0.6) is 5.75 Å². The Kier molecular flexibility index (Phi) is 13.7. The molecule has 0 fully saturated rings. The molecule has 0 aliphatic carbocycles. The van der Waals surface area contributed by atoms with Crippen molar-refractivity contribution < 1.29 is 29.1 Å². The molecule has 0 radical (unpaired) electrons. The number of rotatable bonds is 16. The number of amides is 4. The van der Waals surface area contributed by atoms with Crippen LogP contribution in [-0.4, -0.2) is 59.2 Å². The first kappa shape index (κ1) is 34.0. The molecule has 228 valence electrons. The number of hydrogen-bond donors (Lipinski definition) is 5. The lowest BCUT2D eigenvalue weighted by molar-refractivity contribution is -0.134. The van der Waals surface area contributed by atoms with Gasteiger partial charge in [-0.2, -0.15) is 0 Å². The van der Waals surface area contributed by atoms with E-state index in [0.29, 0.717) is 18.3 Å². The van der Waals surface area contributed by atoms with Crippen LogP contribution in [0.4, 0.5) is 0 Å². The predicted octanol–water partition coefficient (Wildman–Crippen LogP) is 2.43. The average molecular weight is 581 g/mol. The van der Waals surface area contributed by atoms with Gasteiger partial charge in [-0.25, -0.2) is 0 Å². The maximum absolute atomic E-state index is 13.6. The smallest absolute Gasteiger partial charge is 0.243 e. The van der Waals surface area contributed by atoms with Gasteiger partial charge in [-0.3, -0.25) is 19.2 Å². The molecular weight excluding hydrogens is 536 g/mol. The molecule has 0 spiro atoms. The zero-order chi connectivity index (χ0) is 31.2. The Morgan fingerprint density at radius 1 is 0.667 bits per heavy atom. The van der Waals surface area contributed by atoms with Crippen LogP contribution < -0.4 is 21.3 Å². The summed E-state index contributed by atoms with van der Waals surface area (Å²) in [7, 11) is 0. The number of aldehydes is 1. The quantitative estimate of drug-likeness (QED) is 0.192. The molecule has 4 amide bonds. The highest BCUT2D eigenvalue weighted by Gasteiger charge is 2.31. The first-order valence-corrected chi connectivity index (χ1v) is 14.3. The zero-order valence-electron chi connectivity index (χ0n) is 25.1. The summed E-state index contributed by atoms with van der Waals surface area (Å²) in [5, 5.41) is 20.5. The molecule has 2 aromatic rings. The van der Waals surface area contributed by atoms with E-state index in [1.165, 1.54) is 19.1 Å². The summed E-state index contributed by atoms with van der Waals surface area (Å²) in [6.07, 6.45) is 1.76. The molecule has 0 saturated heterocycles. The average Bonchev–Trinajstić information content (AvgIpc) is 2.92. The van der Waals surface area contributed by atoms with Crippen LogP contribution in [0.25, 0.3) is 0 Å². The van der Waals surface area contributed by atoms with E-state index in [1.807, 2.05) is 58.0 Å². The zero-order valence-corrected chi connectivity index (χ0v) is 25.1. The van der Waals surface area contributed by atoms with Gasteiger partial charge in [-0.05, 0) is 47.9 Å². The van der Waals surface area contributed by atoms with Gasteiger partial charge in [-0.1, -0.05) is 70.2 Å². The number of benzene rings is 2. The van der Waals surface area contributed by atoms with Gasteiger partial charge in [0.1, 0.15) is 30.2 Å². The molecule has 0 aliphatic rings. The van der Waals surface area contributed by atoms with Gasteiger partial charge in [0.25, 0.3) is 0 Å². The normalized spacial score (nSPS) is 13.9. The molecule has 2 rings (SSSR count). The number of phenolic OH excluding ortho intramolecular Hbond substituents is 1. The molecule has 0 unspecified atom stereocenters. The van der Waals surface area contributed by atoms with Gasteiger partial charge in [0.05, 0.1) is 6.04 Å². The van der Waals surface area contributed by atoms with Gasteiger partial charge in [-0.15, -0.1) is 0 Å². The highest BCUT2D eigenvalue weighted by molar-refractivity contribution is 5.94. The van der Waals surface area contributed by atoms with Gasteiger partial charge >= 0.3 is 0 Å². The van der Waals surface area contributed by atoms with Crippen LogP contribution in [0.15, 0.2) is 54.6 Å². The van der Waals surface area contributed by atoms with Crippen molar-refractivity contribution in [1.29, 1.82) is 0 Å². The summed E-state index contributed by atoms with van der Waals surface area (Å²) in [4.78, 5) is 63.8. The standard InChI is InChI=1S/C32H44N4O6/c1-20(2)15-25(19-37)34-30(40)29(17-23-9-7-6-8-10-23)36-31(41)27(16-21(3)4)35-32(42)28(33-22(5)38)18-24-11-13-26(39)14-12-24/h6-14,19-21,25,27-29,39H,15-18H2,1-5H3,(H,33,38)(H,34,40)(H,35,42)(H,36,41)/t25-,27-,28-,29-/m0/s1. The minimum absolute atomic E-state index is 0.0178. The molecule has 5 N–H and O–H groups in total. The maximum atomic E-state index is 13.6. The number of phenols is 1. The van der Waals surface area contributed by atoms with E-state index >= 15 is 0 Å². The molecule has 0 saturated carbocycles. The van der Waals surface area contributed by atoms with Crippen molar-refractivity contribution in [2.45, 2.75) is 84.5 Å². The highest BCUT2D eigenvalue weighted by Crippen LogP contribution is 2.13. The number of aromatic hydroxyl groups is 1.